The lowest BCUT2D eigenvalue weighted by molar-refractivity contribution is 0.427. The van der Waals surface area contributed by atoms with Crippen molar-refractivity contribution in [3.8, 4) is 0 Å². The van der Waals surface area contributed by atoms with E-state index in [1.807, 2.05) is 31.3 Å². The first kappa shape index (κ1) is 13.9. The van der Waals surface area contributed by atoms with Crippen LogP contribution in [0.5, 0.6) is 0 Å². The Hall–Kier alpha value is -0.480. The van der Waals surface area contributed by atoms with Gasteiger partial charge >= 0.3 is 0 Å². The average Bonchev–Trinajstić information content (AvgIpc) is 2.76. The maximum absolute atomic E-state index is 6.18. The molecular formula is C13H12BrCl2NO. The molecular weight excluding hydrogens is 337 g/mol. The van der Waals surface area contributed by atoms with Crippen molar-refractivity contribution in [1.82, 2.24) is 5.32 Å². The second-order valence-corrected chi connectivity index (χ2v) is 5.55. The van der Waals surface area contributed by atoms with E-state index < -0.39 is 0 Å². The average molecular weight is 349 g/mol. The van der Waals surface area contributed by atoms with Gasteiger partial charge in [0.15, 0.2) is 0 Å². The maximum atomic E-state index is 6.18. The highest BCUT2D eigenvalue weighted by Gasteiger charge is 2.19. The maximum Gasteiger partial charge on any atom is 0.135 e. The molecule has 0 fully saturated rings. The van der Waals surface area contributed by atoms with Crippen molar-refractivity contribution in [2.24, 2.45) is 0 Å². The Kier molecular flexibility index (Phi) is 4.73. The van der Waals surface area contributed by atoms with Crippen molar-refractivity contribution in [2.75, 3.05) is 7.05 Å². The molecule has 0 radical (unpaired) electrons. The molecule has 0 saturated heterocycles. The van der Waals surface area contributed by atoms with Crippen LogP contribution in [0.25, 0.3) is 0 Å². The molecule has 2 nitrogen and oxygen atoms in total. The molecule has 96 valence electrons. The Morgan fingerprint density at radius 3 is 2.44 bits per heavy atom. The monoisotopic (exact) mass is 347 g/mol. The zero-order chi connectivity index (χ0) is 13.1. The standard InChI is InChI=1S/C13H12BrCl2NO/c1-17-12(13-9(14)5-6-18-13)7-8-10(15)3-2-4-11(8)16/h2-6,12,17H,7H2,1H3. The number of hydrogen-bond donors (Lipinski definition) is 1. The molecule has 0 amide bonds. The zero-order valence-corrected chi connectivity index (χ0v) is 12.8. The summed E-state index contributed by atoms with van der Waals surface area (Å²) in [5.41, 5.74) is 0.920. The third-order valence-electron chi connectivity index (χ3n) is 2.78. The van der Waals surface area contributed by atoms with E-state index >= 15 is 0 Å². The van der Waals surface area contributed by atoms with Gasteiger partial charge in [0.05, 0.1) is 16.8 Å². The third kappa shape index (κ3) is 2.91. The first-order valence-corrected chi connectivity index (χ1v) is 7.01. The molecule has 0 aliphatic rings. The van der Waals surface area contributed by atoms with E-state index in [4.69, 9.17) is 27.6 Å². The molecule has 1 N–H and O–H groups in total. The summed E-state index contributed by atoms with van der Waals surface area (Å²) in [6.07, 6.45) is 2.32. The van der Waals surface area contributed by atoms with E-state index in [0.29, 0.717) is 16.5 Å². The minimum Gasteiger partial charge on any atom is -0.466 e. The molecule has 1 heterocycles. The summed E-state index contributed by atoms with van der Waals surface area (Å²) in [5.74, 6) is 0.841. The zero-order valence-electron chi connectivity index (χ0n) is 9.71. The second kappa shape index (κ2) is 6.11. The summed E-state index contributed by atoms with van der Waals surface area (Å²) >= 11 is 15.8. The summed E-state index contributed by atoms with van der Waals surface area (Å²) in [6, 6.07) is 7.41. The number of furan rings is 1. The van der Waals surface area contributed by atoms with Crippen LogP contribution >= 0.6 is 39.1 Å². The fraction of sp³-hybridized carbons (Fsp3) is 0.231. The number of nitrogens with one attached hydrogen (secondary N) is 1. The van der Waals surface area contributed by atoms with Crippen molar-refractivity contribution in [2.45, 2.75) is 12.5 Å². The van der Waals surface area contributed by atoms with Gasteiger partial charge in [-0.2, -0.15) is 0 Å². The number of halogens is 3. The summed E-state index contributed by atoms with van der Waals surface area (Å²) in [5, 5.41) is 4.55. The minimum atomic E-state index is 0.0202. The summed E-state index contributed by atoms with van der Waals surface area (Å²) in [6.45, 7) is 0. The van der Waals surface area contributed by atoms with Gasteiger partial charge in [0.2, 0.25) is 0 Å². The highest BCUT2D eigenvalue weighted by atomic mass is 79.9. The Bertz CT molecular complexity index is 521. The molecule has 5 heteroatoms. The van der Waals surface area contributed by atoms with E-state index in [-0.39, 0.29) is 6.04 Å². The van der Waals surface area contributed by atoms with Crippen LogP contribution in [0.4, 0.5) is 0 Å². The molecule has 1 aromatic carbocycles. The van der Waals surface area contributed by atoms with E-state index in [1.54, 1.807) is 6.26 Å². The van der Waals surface area contributed by atoms with E-state index in [0.717, 1.165) is 15.8 Å². The second-order valence-electron chi connectivity index (χ2n) is 3.88. The normalized spacial score (nSPS) is 12.7. The lowest BCUT2D eigenvalue weighted by atomic mass is 10.0. The molecule has 0 aliphatic heterocycles. The Labute approximate surface area is 124 Å². The van der Waals surface area contributed by atoms with Crippen LogP contribution in [0.3, 0.4) is 0 Å². The Morgan fingerprint density at radius 2 is 1.94 bits per heavy atom. The van der Waals surface area contributed by atoms with Crippen LogP contribution in [0, 0.1) is 0 Å². The largest absolute Gasteiger partial charge is 0.466 e. The van der Waals surface area contributed by atoms with Gasteiger partial charge in [0.25, 0.3) is 0 Å². The molecule has 0 saturated carbocycles. The smallest absolute Gasteiger partial charge is 0.135 e. The summed E-state index contributed by atoms with van der Waals surface area (Å²) in [4.78, 5) is 0. The van der Waals surface area contributed by atoms with Crippen LogP contribution in [-0.2, 0) is 6.42 Å². The quantitative estimate of drug-likeness (QED) is 0.854. The first-order valence-electron chi connectivity index (χ1n) is 5.46. The lowest BCUT2D eigenvalue weighted by Gasteiger charge is -2.16. The molecule has 1 atom stereocenters. The van der Waals surface area contributed by atoms with Gasteiger partial charge in [-0.05, 0) is 53.2 Å². The minimum absolute atomic E-state index is 0.0202. The van der Waals surface area contributed by atoms with Crippen LogP contribution in [0.2, 0.25) is 10.0 Å². The highest BCUT2D eigenvalue weighted by Crippen LogP contribution is 2.32. The van der Waals surface area contributed by atoms with Crippen molar-refractivity contribution < 1.29 is 4.42 Å². The fourth-order valence-electron chi connectivity index (χ4n) is 1.81. The van der Waals surface area contributed by atoms with Crippen LogP contribution in [0.1, 0.15) is 17.4 Å². The number of rotatable bonds is 4. The van der Waals surface area contributed by atoms with Gasteiger partial charge in [0.1, 0.15) is 5.76 Å². The third-order valence-corrected chi connectivity index (χ3v) is 4.14. The van der Waals surface area contributed by atoms with Crippen LogP contribution in [-0.4, -0.2) is 7.05 Å². The van der Waals surface area contributed by atoms with Crippen molar-refractivity contribution in [1.29, 1.82) is 0 Å². The Morgan fingerprint density at radius 1 is 1.28 bits per heavy atom. The van der Waals surface area contributed by atoms with Crippen LogP contribution < -0.4 is 5.32 Å². The van der Waals surface area contributed by atoms with Crippen molar-refractivity contribution >= 4 is 39.1 Å². The van der Waals surface area contributed by atoms with Crippen LogP contribution in [0.15, 0.2) is 39.4 Å². The van der Waals surface area contributed by atoms with Gasteiger partial charge in [-0.15, -0.1) is 0 Å². The topological polar surface area (TPSA) is 25.2 Å². The summed E-state index contributed by atoms with van der Waals surface area (Å²) in [7, 11) is 1.88. The molecule has 0 aliphatic carbocycles. The van der Waals surface area contributed by atoms with Crippen molar-refractivity contribution in [3.05, 3.63) is 56.4 Å². The predicted octanol–water partition coefficient (Wildman–Crippen LogP) is 4.85. The number of benzene rings is 1. The van der Waals surface area contributed by atoms with E-state index in [1.165, 1.54) is 0 Å². The molecule has 1 aromatic heterocycles. The number of likely N-dealkylation sites (N-methyl/N-ethyl adjacent to an activating group) is 1. The van der Waals surface area contributed by atoms with Gasteiger partial charge in [-0.25, -0.2) is 0 Å². The molecule has 2 aromatic rings. The fourth-order valence-corrected chi connectivity index (χ4v) is 2.84. The SMILES string of the molecule is CNC(Cc1c(Cl)cccc1Cl)c1occc1Br. The van der Waals surface area contributed by atoms with Gasteiger partial charge < -0.3 is 9.73 Å². The summed E-state index contributed by atoms with van der Waals surface area (Å²) < 4.78 is 6.41. The lowest BCUT2D eigenvalue weighted by Crippen LogP contribution is -2.19. The van der Waals surface area contributed by atoms with Gasteiger partial charge in [-0.3, -0.25) is 0 Å². The van der Waals surface area contributed by atoms with E-state index in [2.05, 4.69) is 21.2 Å². The first-order chi connectivity index (χ1) is 8.63. The molecule has 0 spiro atoms. The molecule has 18 heavy (non-hydrogen) atoms. The van der Waals surface area contributed by atoms with Gasteiger partial charge in [-0.1, -0.05) is 29.3 Å². The highest BCUT2D eigenvalue weighted by molar-refractivity contribution is 9.10. The Balaban J connectivity index is 2.29. The van der Waals surface area contributed by atoms with Crippen molar-refractivity contribution in [3.63, 3.8) is 0 Å². The van der Waals surface area contributed by atoms with Gasteiger partial charge in [0, 0.05) is 10.0 Å². The molecule has 1 unspecified atom stereocenters. The molecule has 2 rings (SSSR count). The van der Waals surface area contributed by atoms with E-state index in [9.17, 15) is 0 Å². The number of hydrogen-bond acceptors (Lipinski definition) is 2. The predicted molar refractivity (Wildman–Crippen MR) is 78.4 cm³/mol. The molecule has 0 bridgehead atoms.